The fourth-order valence-corrected chi connectivity index (χ4v) is 1.36. The highest BCUT2D eigenvalue weighted by molar-refractivity contribution is 5.99. The Morgan fingerprint density at radius 1 is 1.50 bits per heavy atom. The van der Waals surface area contributed by atoms with Crippen molar-refractivity contribution >= 4 is 17.4 Å². The van der Waals surface area contributed by atoms with Gasteiger partial charge in [0.05, 0.1) is 12.6 Å². The normalized spacial score (nSPS) is 9.89. The zero-order valence-electron chi connectivity index (χ0n) is 10.3. The molecule has 0 fully saturated rings. The lowest BCUT2D eigenvalue weighted by Crippen LogP contribution is -2.25. The Labute approximate surface area is 105 Å². The van der Waals surface area contributed by atoms with Crippen LogP contribution >= 0.6 is 0 Å². The summed E-state index contributed by atoms with van der Waals surface area (Å²) in [7, 11) is 0. The van der Waals surface area contributed by atoms with Gasteiger partial charge >= 0.3 is 0 Å². The summed E-state index contributed by atoms with van der Waals surface area (Å²) >= 11 is 0. The molecule has 0 aliphatic heterocycles. The van der Waals surface area contributed by atoms with E-state index >= 15 is 0 Å². The van der Waals surface area contributed by atoms with E-state index in [4.69, 9.17) is 5.41 Å². The Bertz CT molecular complexity index is 405. The van der Waals surface area contributed by atoms with Crippen LogP contribution in [0.5, 0.6) is 0 Å². The summed E-state index contributed by atoms with van der Waals surface area (Å²) in [6.45, 7) is 2.91. The summed E-state index contributed by atoms with van der Waals surface area (Å²) in [5.74, 6) is 0.0362. The number of carbonyl (C=O) groups excluding carboxylic acids is 1. The van der Waals surface area contributed by atoms with Crippen LogP contribution in [-0.2, 0) is 4.79 Å². The van der Waals surface area contributed by atoms with Crippen molar-refractivity contribution < 1.29 is 9.18 Å². The molecule has 0 aliphatic rings. The second kappa shape index (κ2) is 7.37. The Kier molecular flexibility index (Phi) is 5.76. The molecule has 0 atom stereocenters. The van der Waals surface area contributed by atoms with Crippen molar-refractivity contribution in [3.63, 3.8) is 0 Å². The van der Waals surface area contributed by atoms with E-state index in [1.54, 1.807) is 0 Å². The molecule has 0 saturated heterocycles. The van der Waals surface area contributed by atoms with Crippen molar-refractivity contribution in [3.8, 4) is 0 Å². The highest BCUT2D eigenvalue weighted by Crippen LogP contribution is 2.03. The van der Waals surface area contributed by atoms with Crippen LogP contribution in [0.25, 0.3) is 0 Å². The van der Waals surface area contributed by atoms with Crippen molar-refractivity contribution in [1.82, 2.24) is 10.3 Å². The summed E-state index contributed by atoms with van der Waals surface area (Å²) in [6, 6.07) is 2.85. The van der Waals surface area contributed by atoms with Crippen molar-refractivity contribution in [2.24, 2.45) is 0 Å². The largest absolute Gasteiger partial charge is 0.370 e. The van der Waals surface area contributed by atoms with Gasteiger partial charge in [0.25, 0.3) is 0 Å². The maximum absolute atomic E-state index is 12.6. The van der Waals surface area contributed by atoms with Crippen molar-refractivity contribution in [1.29, 1.82) is 5.41 Å². The second-order valence-electron chi connectivity index (χ2n) is 3.77. The lowest BCUT2D eigenvalue weighted by molar-refractivity contribution is -0.119. The van der Waals surface area contributed by atoms with Crippen LogP contribution in [0.3, 0.4) is 0 Å². The Balaban J connectivity index is 2.23. The van der Waals surface area contributed by atoms with E-state index in [-0.39, 0.29) is 18.1 Å². The summed E-state index contributed by atoms with van der Waals surface area (Å²) < 4.78 is 12.6. The minimum atomic E-state index is -0.385. The van der Waals surface area contributed by atoms with Gasteiger partial charge in [-0.15, -0.1) is 0 Å². The highest BCUT2D eigenvalue weighted by atomic mass is 19.1. The van der Waals surface area contributed by atoms with Gasteiger partial charge in [-0.1, -0.05) is 0 Å². The van der Waals surface area contributed by atoms with Gasteiger partial charge in [0.2, 0.25) is 5.91 Å². The van der Waals surface area contributed by atoms with Gasteiger partial charge < -0.3 is 16.0 Å². The Morgan fingerprint density at radius 3 is 2.89 bits per heavy atom. The van der Waals surface area contributed by atoms with Gasteiger partial charge in [-0.25, -0.2) is 9.37 Å². The molecule has 5 nitrogen and oxygen atoms in total. The monoisotopic (exact) mass is 252 g/mol. The third-order valence-corrected chi connectivity index (χ3v) is 2.21. The van der Waals surface area contributed by atoms with Gasteiger partial charge in [-0.3, -0.25) is 4.79 Å². The van der Waals surface area contributed by atoms with Crippen LogP contribution in [0.2, 0.25) is 0 Å². The molecule has 98 valence electrons. The summed E-state index contributed by atoms with van der Waals surface area (Å²) in [6.07, 6.45) is 1.70. The van der Waals surface area contributed by atoms with Crippen LogP contribution in [-0.4, -0.2) is 29.7 Å². The minimum absolute atomic E-state index is 0.117. The maximum atomic E-state index is 12.6. The van der Waals surface area contributed by atoms with E-state index in [1.165, 1.54) is 12.1 Å². The lowest BCUT2D eigenvalue weighted by Gasteiger charge is -2.06. The first-order valence-electron chi connectivity index (χ1n) is 5.80. The molecule has 1 heterocycles. The average molecular weight is 252 g/mol. The molecule has 1 amide bonds. The number of nitrogens with one attached hydrogen (secondary N) is 3. The SMILES string of the molecule is CCNC(=O)CC(=N)CCNc1ccc(F)cn1. The molecular weight excluding hydrogens is 235 g/mol. The third-order valence-electron chi connectivity index (χ3n) is 2.21. The fourth-order valence-electron chi connectivity index (χ4n) is 1.36. The van der Waals surface area contributed by atoms with Crippen molar-refractivity contribution in [3.05, 3.63) is 24.1 Å². The number of pyridine rings is 1. The lowest BCUT2D eigenvalue weighted by atomic mass is 10.2. The van der Waals surface area contributed by atoms with Crippen LogP contribution in [0, 0.1) is 11.2 Å². The van der Waals surface area contributed by atoms with E-state index < -0.39 is 0 Å². The number of halogens is 1. The smallest absolute Gasteiger partial charge is 0.225 e. The molecule has 1 aromatic rings. The second-order valence-corrected chi connectivity index (χ2v) is 3.77. The third kappa shape index (κ3) is 5.38. The Morgan fingerprint density at radius 2 is 2.28 bits per heavy atom. The molecule has 3 N–H and O–H groups in total. The fraction of sp³-hybridized carbons (Fsp3) is 0.417. The van der Waals surface area contributed by atoms with E-state index in [9.17, 15) is 9.18 Å². The van der Waals surface area contributed by atoms with Crippen LogP contribution in [0.1, 0.15) is 19.8 Å². The predicted molar refractivity (Wildman–Crippen MR) is 68.3 cm³/mol. The molecule has 18 heavy (non-hydrogen) atoms. The standard InChI is InChI=1S/C12H17FN4O/c1-2-15-12(18)7-10(14)5-6-16-11-4-3-9(13)8-17-11/h3-4,8,14H,2,5-7H2,1H3,(H,15,18)(H,16,17). The van der Waals surface area contributed by atoms with Gasteiger partial charge in [-0.05, 0) is 19.1 Å². The molecule has 0 saturated carbocycles. The number of aromatic nitrogens is 1. The first-order valence-corrected chi connectivity index (χ1v) is 5.80. The van der Waals surface area contributed by atoms with Gasteiger partial charge in [-0.2, -0.15) is 0 Å². The van der Waals surface area contributed by atoms with Gasteiger partial charge in [0.1, 0.15) is 11.6 Å². The number of amides is 1. The number of anilines is 1. The first kappa shape index (κ1) is 14.1. The number of rotatable bonds is 7. The Hall–Kier alpha value is -1.98. The molecule has 0 aromatic carbocycles. The molecule has 0 unspecified atom stereocenters. The zero-order valence-corrected chi connectivity index (χ0v) is 10.3. The molecule has 1 rings (SSSR count). The van der Waals surface area contributed by atoms with Gasteiger partial charge in [0, 0.05) is 25.2 Å². The summed E-state index contributed by atoms with van der Waals surface area (Å²) in [4.78, 5) is 15.0. The predicted octanol–water partition coefficient (Wildman–Crippen LogP) is 1.57. The van der Waals surface area contributed by atoms with E-state index in [0.717, 1.165) is 6.20 Å². The van der Waals surface area contributed by atoms with Crippen molar-refractivity contribution in [2.45, 2.75) is 19.8 Å². The van der Waals surface area contributed by atoms with E-state index in [0.29, 0.717) is 31.0 Å². The first-order chi connectivity index (χ1) is 8.61. The van der Waals surface area contributed by atoms with E-state index in [2.05, 4.69) is 15.6 Å². The van der Waals surface area contributed by atoms with Crippen LogP contribution in [0.4, 0.5) is 10.2 Å². The quantitative estimate of drug-likeness (QED) is 0.644. The molecular formula is C12H17FN4O. The summed E-state index contributed by atoms with van der Waals surface area (Å²) in [5, 5.41) is 13.2. The maximum Gasteiger partial charge on any atom is 0.225 e. The summed E-state index contributed by atoms with van der Waals surface area (Å²) in [5.41, 5.74) is 0.357. The number of carbonyl (C=O) groups is 1. The van der Waals surface area contributed by atoms with Crippen molar-refractivity contribution in [2.75, 3.05) is 18.4 Å². The highest BCUT2D eigenvalue weighted by Gasteiger charge is 2.04. The molecule has 1 aromatic heterocycles. The molecule has 0 bridgehead atoms. The van der Waals surface area contributed by atoms with Crippen LogP contribution in [0.15, 0.2) is 18.3 Å². The van der Waals surface area contributed by atoms with Crippen LogP contribution < -0.4 is 10.6 Å². The van der Waals surface area contributed by atoms with Gasteiger partial charge in [0.15, 0.2) is 0 Å². The zero-order chi connectivity index (χ0) is 13.4. The minimum Gasteiger partial charge on any atom is -0.370 e. The topological polar surface area (TPSA) is 77.9 Å². The molecule has 0 spiro atoms. The average Bonchev–Trinajstić information content (AvgIpc) is 2.32. The van der Waals surface area contributed by atoms with E-state index in [1.807, 2.05) is 6.92 Å². The number of hydrogen-bond acceptors (Lipinski definition) is 4. The molecule has 0 radical (unpaired) electrons. The molecule has 0 aliphatic carbocycles. The number of hydrogen-bond donors (Lipinski definition) is 3. The molecule has 6 heteroatoms. The number of nitrogens with zero attached hydrogens (tertiary/aromatic N) is 1.